The third kappa shape index (κ3) is 4.78. The van der Waals surface area contributed by atoms with Gasteiger partial charge in [0.15, 0.2) is 11.5 Å². The van der Waals surface area contributed by atoms with Crippen molar-refractivity contribution in [3.63, 3.8) is 0 Å². The number of rotatable bonds is 10. The van der Waals surface area contributed by atoms with Crippen molar-refractivity contribution in [2.45, 2.75) is 0 Å². The number of hydrogen-bond donors (Lipinski definition) is 1. The second-order valence-electron chi connectivity index (χ2n) is 8.98. The van der Waals surface area contributed by atoms with Crippen molar-refractivity contribution < 1.29 is 19.0 Å². The largest absolute Gasteiger partial charge is 0.493 e. The molecule has 0 fully saturated rings. The molecule has 0 saturated carbocycles. The lowest BCUT2D eigenvalue weighted by atomic mass is 10.0. The molecule has 1 heterocycles. The fraction of sp³-hybridized carbons (Fsp3) is 0.233. The molecule has 0 amide bonds. The van der Waals surface area contributed by atoms with Crippen molar-refractivity contribution in [2.75, 3.05) is 48.1 Å². The SMILES string of the molecule is COc1cc2c(c(OCCN(C)C)c1OC)/C(=N\OC/C=C/c1ccccc1)c1c-2[nH]c2ccccc12. The van der Waals surface area contributed by atoms with Gasteiger partial charge in [0.25, 0.3) is 0 Å². The van der Waals surface area contributed by atoms with Gasteiger partial charge in [-0.15, -0.1) is 0 Å². The summed E-state index contributed by atoms with van der Waals surface area (Å²) in [5.41, 5.74) is 6.54. The van der Waals surface area contributed by atoms with Gasteiger partial charge in [0.2, 0.25) is 5.75 Å². The molecule has 0 saturated heterocycles. The lowest BCUT2D eigenvalue weighted by molar-refractivity contribution is 0.175. The zero-order valence-electron chi connectivity index (χ0n) is 21.6. The van der Waals surface area contributed by atoms with Crippen molar-refractivity contribution in [1.82, 2.24) is 9.88 Å². The number of hydrogen-bond acceptors (Lipinski definition) is 6. The maximum absolute atomic E-state index is 6.34. The number of methoxy groups -OCH3 is 2. The van der Waals surface area contributed by atoms with E-state index < -0.39 is 0 Å². The molecule has 37 heavy (non-hydrogen) atoms. The number of ether oxygens (including phenoxy) is 3. The normalized spacial score (nSPS) is 13.4. The minimum atomic E-state index is 0.329. The first-order valence-corrected chi connectivity index (χ1v) is 12.2. The smallest absolute Gasteiger partial charge is 0.204 e. The number of benzene rings is 3. The van der Waals surface area contributed by atoms with E-state index in [1.165, 1.54) is 0 Å². The van der Waals surface area contributed by atoms with Crippen LogP contribution >= 0.6 is 0 Å². The Morgan fingerprint density at radius 2 is 1.70 bits per heavy atom. The highest BCUT2D eigenvalue weighted by Crippen LogP contribution is 2.51. The van der Waals surface area contributed by atoms with Gasteiger partial charge in [-0.3, -0.25) is 0 Å². The maximum Gasteiger partial charge on any atom is 0.204 e. The monoisotopic (exact) mass is 497 g/mol. The molecule has 0 radical (unpaired) electrons. The first kappa shape index (κ1) is 24.5. The van der Waals surface area contributed by atoms with E-state index >= 15 is 0 Å². The van der Waals surface area contributed by atoms with Crippen molar-refractivity contribution in [3.05, 3.63) is 83.4 Å². The van der Waals surface area contributed by atoms with Crippen LogP contribution in [0.1, 0.15) is 16.7 Å². The Hall–Kier alpha value is -4.23. The number of para-hydroxylation sites is 1. The number of oxime groups is 1. The molecule has 7 nitrogen and oxygen atoms in total. The molecular weight excluding hydrogens is 466 g/mol. The summed E-state index contributed by atoms with van der Waals surface area (Å²) in [6.07, 6.45) is 3.97. The number of H-pyrrole nitrogens is 1. The second kappa shape index (κ2) is 10.8. The molecule has 1 aromatic heterocycles. The van der Waals surface area contributed by atoms with Crippen LogP contribution in [0, 0.1) is 0 Å². The molecule has 0 bridgehead atoms. The lowest BCUT2D eigenvalue weighted by Gasteiger charge is -2.19. The van der Waals surface area contributed by atoms with Crippen LogP contribution in [0.5, 0.6) is 17.2 Å². The Bertz CT molecular complexity index is 1450. The Kier molecular flexibility index (Phi) is 7.14. The molecule has 1 aliphatic carbocycles. The summed E-state index contributed by atoms with van der Waals surface area (Å²) in [6.45, 7) is 1.55. The van der Waals surface area contributed by atoms with Crippen molar-refractivity contribution >= 4 is 22.7 Å². The molecular formula is C30H31N3O4. The van der Waals surface area contributed by atoms with Gasteiger partial charge >= 0.3 is 0 Å². The predicted molar refractivity (Wildman–Crippen MR) is 148 cm³/mol. The Labute approximate surface area is 216 Å². The number of aromatic amines is 1. The molecule has 0 atom stereocenters. The van der Waals surface area contributed by atoms with Crippen molar-refractivity contribution in [2.24, 2.45) is 5.16 Å². The zero-order chi connectivity index (χ0) is 25.8. The van der Waals surface area contributed by atoms with Crippen molar-refractivity contribution in [1.29, 1.82) is 0 Å². The molecule has 7 heteroatoms. The number of nitrogens with one attached hydrogen (secondary N) is 1. The molecule has 0 spiro atoms. The lowest BCUT2D eigenvalue weighted by Crippen LogP contribution is -2.20. The molecule has 190 valence electrons. The molecule has 5 rings (SSSR count). The van der Waals surface area contributed by atoms with E-state index in [1.54, 1.807) is 14.2 Å². The Balaban J connectivity index is 1.59. The number of fused-ring (bicyclic) bond motifs is 5. The summed E-state index contributed by atoms with van der Waals surface area (Å²) < 4.78 is 17.8. The topological polar surface area (TPSA) is 68.3 Å². The van der Waals surface area contributed by atoms with E-state index in [1.807, 2.05) is 74.8 Å². The Morgan fingerprint density at radius 1 is 0.919 bits per heavy atom. The number of aromatic nitrogens is 1. The van der Waals surface area contributed by atoms with Gasteiger partial charge in [0, 0.05) is 28.6 Å². The standard InChI is InChI=1S/C30H31N3O4/c1-33(2)16-18-36-30-26-22(19-24(34-3)29(30)35-4)27-25(21-14-8-9-15-23(21)31-27)28(26)32-37-17-10-13-20-11-6-5-7-12-20/h5-15,19,31H,16-18H2,1-4H3/b13-10+,32-28-. The van der Waals surface area contributed by atoms with Crippen LogP contribution in [0.25, 0.3) is 28.2 Å². The maximum atomic E-state index is 6.34. The molecule has 4 aromatic rings. The zero-order valence-corrected chi connectivity index (χ0v) is 21.6. The minimum Gasteiger partial charge on any atom is -0.493 e. The van der Waals surface area contributed by atoms with E-state index in [0.29, 0.717) is 36.2 Å². The van der Waals surface area contributed by atoms with Gasteiger partial charge in [-0.25, -0.2) is 0 Å². The summed E-state index contributed by atoms with van der Waals surface area (Å²) in [5, 5.41) is 5.72. The summed E-state index contributed by atoms with van der Waals surface area (Å²) in [7, 11) is 7.27. The van der Waals surface area contributed by atoms with Gasteiger partial charge in [-0.1, -0.05) is 59.8 Å². The predicted octanol–water partition coefficient (Wildman–Crippen LogP) is 5.59. The van der Waals surface area contributed by atoms with Gasteiger partial charge in [0.05, 0.1) is 25.5 Å². The highest BCUT2D eigenvalue weighted by molar-refractivity contribution is 6.31. The van der Waals surface area contributed by atoms with Crippen LogP contribution in [0.3, 0.4) is 0 Å². The van der Waals surface area contributed by atoms with Crippen LogP contribution in [-0.2, 0) is 4.84 Å². The van der Waals surface area contributed by atoms with E-state index in [2.05, 4.69) is 27.2 Å². The molecule has 0 unspecified atom stereocenters. The first-order chi connectivity index (χ1) is 18.1. The van der Waals surface area contributed by atoms with E-state index in [4.69, 9.17) is 19.0 Å². The quantitative estimate of drug-likeness (QED) is 0.201. The summed E-state index contributed by atoms with van der Waals surface area (Å²) >= 11 is 0. The van der Waals surface area contributed by atoms with Crippen LogP contribution in [0.15, 0.2) is 71.9 Å². The van der Waals surface area contributed by atoms with Crippen LogP contribution in [-0.4, -0.2) is 63.7 Å². The van der Waals surface area contributed by atoms with Crippen molar-refractivity contribution in [3.8, 4) is 28.5 Å². The summed E-state index contributed by atoms with van der Waals surface area (Å²) in [4.78, 5) is 11.5. The van der Waals surface area contributed by atoms with Gasteiger partial charge < -0.3 is 28.9 Å². The highest BCUT2D eigenvalue weighted by atomic mass is 16.6. The highest BCUT2D eigenvalue weighted by Gasteiger charge is 2.36. The fourth-order valence-corrected chi connectivity index (χ4v) is 4.56. The molecule has 1 N–H and O–H groups in total. The fourth-order valence-electron chi connectivity index (χ4n) is 4.56. The molecule has 3 aromatic carbocycles. The van der Waals surface area contributed by atoms with E-state index in [0.717, 1.165) is 45.4 Å². The van der Waals surface area contributed by atoms with Gasteiger partial charge in [-0.05, 0) is 37.9 Å². The summed E-state index contributed by atoms with van der Waals surface area (Å²) in [6, 6.07) is 20.3. The third-order valence-electron chi connectivity index (χ3n) is 6.30. The summed E-state index contributed by atoms with van der Waals surface area (Å²) in [5.74, 6) is 1.72. The average Bonchev–Trinajstić information content (AvgIpc) is 3.43. The number of likely N-dealkylation sites (N-methyl/N-ethyl adjacent to an activating group) is 1. The van der Waals surface area contributed by atoms with Crippen LogP contribution in [0.2, 0.25) is 0 Å². The van der Waals surface area contributed by atoms with Crippen LogP contribution < -0.4 is 14.2 Å². The molecule has 1 aliphatic rings. The Morgan fingerprint density at radius 3 is 2.46 bits per heavy atom. The van der Waals surface area contributed by atoms with Gasteiger partial charge in [0.1, 0.15) is 18.9 Å². The first-order valence-electron chi connectivity index (χ1n) is 12.2. The van der Waals surface area contributed by atoms with Gasteiger partial charge in [-0.2, -0.15) is 0 Å². The van der Waals surface area contributed by atoms with E-state index in [9.17, 15) is 0 Å². The number of nitrogens with zero attached hydrogens (tertiary/aromatic N) is 2. The average molecular weight is 498 g/mol. The van der Waals surface area contributed by atoms with E-state index in [-0.39, 0.29) is 0 Å². The third-order valence-corrected chi connectivity index (χ3v) is 6.30. The second-order valence-corrected chi connectivity index (χ2v) is 8.98. The van der Waals surface area contributed by atoms with Crippen LogP contribution in [0.4, 0.5) is 0 Å². The molecule has 0 aliphatic heterocycles. The minimum absolute atomic E-state index is 0.329.